The van der Waals surface area contributed by atoms with E-state index in [9.17, 15) is 22.4 Å². The average Bonchev–Trinajstić information content (AvgIpc) is 2.36. The molecule has 1 rings (SSSR count). The quantitative estimate of drug-likeness (QED) is 0.486. The summed E-state index contributed by atoms with van der Waals surface area (Å²) < 4.78 is 58.2. The van der Waals surface area contributed by atoms with E-state index in [0.717, 1.165) is 11.9 Å². The molecule has 0 atom stereocenters. The third-order valence-corrected chi connectivity index (χ3v) is 2.92. The summed E-state index contributed by atoms with van der Waals surface area (Å²) in [5, 5.41) is 0. The smallest absolute Gasteiger partial charge is 0.331 e. The van der Waals surface area contributed by atoms with E-state index in [1.165, 1.54) is 13.8 Å². The van der Waals surface area contributed by atoms with Crippen molar-refractivity contribution in [2.24, 2.45) is 0 Å². The number of carbonyl (C=O) groups excluding carboxylic acids is 1. The summed E-state index contributed by atoms with van der Waals surface area (Å²) >= 11 is 0. The molecule has 1 aromatic heterocycles. The van der Waals surface area contributed by atoms with E-state index in [-0.39, 0.29) is 6.61 Å². The van der Waals surface area contributed by atoms with Gasteiger partial charge in [-0.25, -0.2) is 4.79 Å². The first-order chi connectivity index (χ1) is 9.14. The van der Waals surface area contributed by atoms with E-state index < -0.39 is 40.7 Å². The van der Waals surface area contributed by atoms with Gasteiger partial charge in [0, 0.05) is 7.05 Å². The number of hydrogen-bond donors (Lipinski definition) is 0. The Balaban J connectivity index is 3.34. The number of esters is 1. The Morgan fingerprint density at radius 2 is 1.65 bits per heavy atom. The van der Waals surface area contributed by atoms with Crippen LogP contribution in [0, 0.1) is 23.5 Å². The lowest BCUT2D eigenvalue weighted by molar-refractivity contribution is -0.148. The fourth-order valence-corrected chi connectivity index (χ4v) is 1.49. The van der Waals surface area contributed by atoms with Crippen molar-refractivity contribution in [2.75, 3.05) is 18.6 Å². The maximum absolute atomic E-state index is 13.6. The normalized spacial score (nSPS) is 11.4. The second kappa shape index (κ2) is 5.64. The first kappa shape index (κ1) is 16.2. The number of likely N-dealkylation sites (N-methyl/N-ethyl adjacent to an activating group) is 1. The van der Waals surface area contributed by atoms with Gasteiger partial charge in [0.25, 0.3) is 11.9 Å². The molecule has 0 fully saturated rings. The summed E-state index contributed by atoms with van der Waals surface area (Å²) in [6.07, 6.45) is 0. The molecule has 0 unspecified atom stereocenters. The van der Waals surface area contributed by atoms with Gasteiger partial charge in [-0.2, -0.15) is 22.5 Å². The van der Waals surface area contributed by atoms with Gasteiger partial charge < -0.3 is 9.64 Å². The van der Waals surface area contributed by atoms with Crippen molar-refractivity contribution in [1.29, 1.82) is 0 Å². The number of aromatic nitrogens is 1. The second-order valence-corrected chi connectivity index (χ2v) is 4.51. The van der Waals surface area contributed by atoms with Crippen LogP contribution in [-0.2, 0) is 9.53 Å². The molecule has 0 spiro atoms. The Hall–Kier alpha value is -1.86. The summed E-state index contributed by atoms with van der Waals surface area (Å²) in [6.45, 7) is 4.22. The van der Waals surface area contributed by atoms with Crippen molar-refractivity contribution in [3.8, 4) is 0 Å². The molecule has 20 heavy (non-hydrogen) atoms. The Morgan fingerprint density at radius 3 is 2.05 bits per heavy atom. The van der Waals surface area contributed by atoms with Gasteiger partial charge in [0.2, 0.25) is 11.6 Å². The lowest BCUT2D eigenvalue weighted by atomic mass is 10.0. The van der Waals surface area contributed by atoms with Crippen LogP contribution in [0.25, 0.3) is 0 Å². The van der Waals surface area contributed by atoms with E-state index in [2.05, 4.69) is 4.98 Å². The van der Waals surface area contributed by atoms with E-state index in [1.54, 1.807) is 6.92 Å². The van der Waals surface area contributed by atoms with Crippen molar-refractivity contribution in [3.63, 3.8) is 0 Å². The number of halogens is 4. The fraction of sp³-hybridized carbons (Fsp3) is 0.500. The Labute approximate surface area is 113 Å². The van der Waals surface area contributed by atoms with Gasteiger partial charge in [-0.3, -0.25) is 0 Å². The lowest BCUT2D eigenvalue weighted by Gasteiger charge is -2.35. The molecular weight excluding hydrogens is 280 g/mol. The highest BCUT2D eigenvalue weighted by Crippen LogP contribution is 2.30. The molecule has 0 N–H and O–H groups in total. The minimum absolute atomic E-state index is 0.0557. The summed E-state index contributed by atoms with van der Waals surface area (Å²) in [5.74, 6) is -7.72. The number of ether oxygens (including phenoxy) is 1. The van der Waals surface area contributed by atoms with E-state index in [1.807, 2.05) is 0 Å². The maximum Gasteiger partial charge on any atom is 0.331 e. The minimum atomic E-state index is -1.79. The number of rotatable bonds is 4. The molecule has 0 bridgehead atoms. The number of carbonyl (C=O) groups is 1. The number of hydrogen-bond acceptors (Lipinski definition) is 4. The lowest BCUT2D eigenvalue weighted by Crippen LogP contribution is -2.50. The number of anilines is 1. The Kier molecular flexibility index (Phi) is 4.57. The molecule has 1 heterocycles. The maximum atomic E-state index is 13.6. The summed E-state index contributed by atoms with van der Waals surface area (Å²) in [6, 6.07) is 0. The zero-order valence-electron chi connectivity index (χ0n) is 11.4. The predicted molar refractivity (Wildman–Crippen MR) is 63.2 cm³/mol. The average molecular weight is 294 g/mol. The zero-order valence-corrected chi connectivity index (χ0v) is 11.4. The van der Waals surface area contributed by atoms with Crippen LogP contribution in [0.2, 0.25) is 0 Å². The van der Waals surface area contributed by atoms with Gasteiger partial charge in [-0.15, -0.1) is 0 Å². The van der Waals surface area contributed by atoms with Crippen LogP contribution >= 0.6 is 0 Å². The first-order valence-corrected chi connectivity index (χ1v) is 5.75. The molecule has 0 aromatic carbocycles. The molecule has 4 nitrogen and oxygen atoms in total. The Morgan fingerprint density at radius 1 is 1.20 bits per heavy atom. The first-order valence-electron chi connectivity index (χ1n) is 5.75. The summed E-state index contributed by atoms with van der Waals surface area (Å²) in [4.78, 5) is 15.0. The highest BCUT2D eigenvalue weighted by molar-refractivity contribution is 5.84. The summed E-state index contributed by atoms with van der Waals surface area (Å²) in [5.41, 5.74) is -2.55. The van der Waals surface area contributed by atoms with E-state index in [0.29, 0.717) is 0 Å². The van der Waals surface area contributed by atoms with Gasteiger partial charge in [0.15, 0.2) is 0 Å². The monoisotopic (exact) mass is 294 g/mol. The largest absolute Gasteiger partial charge is 0.464 e. The third kappa shape index (κ3) is 2.68. The predicted octanol–water partition coefficient (Wildman–Crippen LogP) is 2.42. The van der Waals surface area contributed by atoms with Crippen molar-refractivity contribution < 1.29 is 27.1 Å². The van der Waals surface area contributed by atoms with Crippen LogP contribution in [0.1, 0.15) is 20.8 Å². The highest BCUT2D eigenvalue weighted by Gasteiger charge is 2.38. The molecule has 0 aliphatic carbocycles. The van der Waals surface area contributed by atoms with Crippen molar-refractivity contribution in [3.05, 3.63) is 23.5 Å². The van der Waals surface area contributed by atoms with Crippen LogP contribution in [0.3, 0.4) is 0 Å². The van der Waals surface area contributed by atoms with Crippen LogP contribution < -0.4 is 4.90 Å². The molecule has 0 saturated heterocycles. The van der Waals surface area contributed by atoms with Crippen LogP contribution in [0.15, 0.2) is 0 Å². The molecule has 8 heteroatoms. The molecule has 0 radical (unpaired) electrons. The Bertz CT molecular complexity index is 508. The molecule has 0 aliphatic rings. The fourth-order valence-electron chi connectivity index (χ4n) is 1.49. The minimum Gasteiger partial charge on any atom is -0.464 e. The van der Waals surface area contributed by atoms with Gasteiger partial charge >= 0.3 is 5.97 Å². The van der Waals surface area contributed by atoms with Crippen molar-refractivity contribution >= 4 is 11.7 Å². The standard InChI is InChI=1S/C12H14F4N2O2/c1-5-20-11(19)12(2,3)18(4)8-6(13)9(15)17-10(16)7(8)14/h5H2,1-4H3. The van der Waals surface area contributed by atoms with Gasteiger partial charge in [-0.1, -0.05) is 0 Å². The molecule has 0 amide bonds. The highest BCUT2D eigenvalue weighted by atomic mass is 19.2. The van der Waals surface area contributed by atoms with Crippen LogP contribution in [0.5, 0.6) is 0 Å². The van der Waals surface area contributed by atoms with E-state index in [4.69, 9.17) is 4.74 Å². The number of pyridine rings is 1. The van der Waals surface area contributed by atoms with Gasteiger partial charge in [0.05, 0.1) is 6.61 Å². The van der Waals surface area contributed by atoms with Gasteiger partial charge in [0.1, 0.15) is 11.2 Å². The topological polar surface area (TPSA) is 42.4 Å². The third-order valence-electron chi connectivity index (χ3n) is 2.92. The van der Waals surface area contributed by atoms with Gasteiger partial charge in [-0.05, 0) is 20.8 Å². The second-order valence-electron chi connectivity index (χ2n) is 4.51. The summed E-state index contributed by atoms with van der Waals surface area (Å²) in [7, 11) is 1.12. The zero-order chi connectivity index (χ0) is 15.7. The number of nitrogens with zero attached hydrogens (tertiary/aromatic N) is 2. The van der Waals surface area contributed by atoms with Crippen LogP contribution in [0.4, 0.5) is 23.2 Å². The molecule has 1 aromatic rings. The van der Waals surface area contributed by atoms with Crippen molar-refractivity contribution in [1.82, 2.24) is 4.98 Å². The SMILES string of the molecule is CCOC(=O)C(C)(C)N(C)c1c(F)c(F)nc(F)c1F. The molecular formula is C12H14F4N2O2. The molecule has 0 saturated carbocycles. The van der Waals surface area contributed by atoms with Crippen molar-refractivity contribution in [2.45, 2.75) is 26.3 Å². The van der Waals surface area contributed by atoms with Crippen LogP contribution in [-0.4, -0.2) is 30.1 Å². The molecule has 112 valence electrons. The van der Waals surface area contributed by atoms with E-state index >= 15 is 0 Å². The molecule has 0 aliphatic heterocycles.